The molecule has 23 heavy (non-hydrogen) atoms. The highest BCUT2D eigenvalue weighted by Gasteiger charge is 2.55. The SMILES string of the molecule is O=C1N(c2cc3[nH]cnc3nn2)CC(F)(F)N1C1CCCCC1. The summed E-state index contributed by atoms with van der Waals surface area (Å²) in [6.45, 7) is -0.698. The number of nitrogens with one attached hydrogen (secondary N) is 1. The summed E-state index contributed by atoms with van der Waals surface area (Å²) in [5, 5.41) is 7.73. The van der Waals surface area contributed by atoms with Gasteiger partial charge in [-0.2, -0.15) is 8.78 Å². The van der Waals surface area contributed by atoms with Crippen LogP contribution >= 0.6 is 0 Å². The van der Waals surface area contributed by atoms with Crippen molar-refractivity contribution in [1.29, 1.82) is 0 Å². The Morgan fingerprint density at radius 1 is 1.22 bits per heavy atom. The van der Waals surface area contributed by atoms with Crippen LogP contribution in [0, 0.1) is 0 Å². The summed E-state index contributed by atoms with van der Waals surface area (Å²) in [5.41, 5.74) is 0.943. The van der Waals surface area contributed by atoms with E-state index >= 15 is 0 Å². The van der Waals surface area contributed by atoms with Crippen LogP contribution in [0.5, 0.6) is 0 Å². The van der Waals surface area contributed by atoms with E-state index in [0.717, 1.165) is 29.1 Å². The Kier molecular flexibility index (Phi) is 3.17. The zero-order chi connectivity index (χ0) is 16.0. The number of aromatic nitrogens is 4. The van der Waals surface area contributed by atoms with E-state index < -0.39 is 24.7 Å². The van der Waals surface area contributed by atoms with E-state index in [1.54, 1.807) is 0 Å². The number of hydrogen-bond acceptors (Lipinski definition) is 4. The van der Waals surface area contributed by atoms with Gasteiger partial charge < -0.3 is 4.98 Å². The topological polar surface area (TPSA) is 78.0 Å². The molecule has 2 aromatic rings. The summed E-state index contributed by atoms with van der Waals surface area (Å²) < 4.78 is 28.9. The largest absolute Gasteiger partial charge is 0.347 e. The lowest BCUT2D eigenvalue weighted by Crippen LogP contribution is -2.47. The molecule has 0 spiro atoms. The number of H-pyrrole nitrogens is 1. The van der Waals surface area contributed by atoms with E-state index in [9.17, 15) is 13.6 Å². The standard InChI is InChI=1S/C14H16F2N6O/c15-14(16)7-21(11-6-10-12(20-19-11)18-8-17-10)13(23)22(14)9-4-2-1-3-5-9/h6,8-9H,1-5,7H2,(H,17,18,20). The fourth-order valence-electron chi connectivity index (χ4n) is 3.42. The molecule has 1 saturated carbocycles. The second-order valence-electron chi connectivity index (χ2n) is 6.04. The fourth-order valence-corrected chi connectivity index (χ4v) is 3.42. The molecule has 2 amide bonds. The Morgan fingerprint density at radius 2 is 2.00 bits per heavy atom. The van der Waals surface area contributed by atoms with Crippen LogP contribution in [0.1, 0.15) is 32.1 Å². The molecule has 1 N–H and O–H groups in total. The van der Waals surface area contributed by atoms with Crippen LogP contribution in [-0.4, -0.2) is 49.7 Å². The van der Waals surface area contributed by atoms with E-state index in [-0.39, 0.29) is 5.82 Å². The lowest BCUT2D eigenvalue weighted by Gasteiger charge is -2.33. The van der Waals surface area contributed by atoms with Crippen molar-refractivity contribution in [3.05, 3.63) is 12.4 Å². The van der Waals surface area contributed by atoms with Crippen molar-refractivity contribution >= 4 is 23.0 Å². The molecule has 122 valence electrons. The highest BCUT2D eigenvalue weighted by molar-refractivity contribution is 5.95. The van der Waals surface area contributed by atoms with Gasteiger partial charge in [0.25, 0.3) is 0 Å². The highest BCUT2D eigenvalue weighted by Crippen LogP contribution is 2.38. The summed E-state index contributed by atoms with van der Waals surface area (Å²) in [4.78, 5) is 21.1. The van der Waals surface area contributed by atoms with E-state index in [2.05, 4.69) is 20.2 Å². The van der Waals surface area contributed by atoms with E-state index in [1.165, 1.54) is 12.4 Å². The van der Waals surface area contributed by atoms with Gasteiger partial charge in [-0.15, -0.1) is 10.2 Å². The first kappa shape index (κ1) is 14.3. The highest BCUT2D eigenvalue weighted by atomic mass is 19.3. The summed E-state index contributed by atoms with van der Waals surface area (Å²) >= 11 is 0. The molecule has 0 radical (unpaired) electrons. The minimum atomic E-state index is -3.19. The Hall–Kier alpha value is -2.32. The molecule has 0 unspecified atom stereocenters. The molecule has 1 aliphatic heterocycles. The second kappa shape index (κ2) is 5.10. The van der Waals surface area contributed by atoms with E-state index in [1.807, 2.05) is 0 Å². The number of aromatic amines is 1. The lowest BCUT2D eigenvalue weighted by atomic mass is 9.94. The molecule has 3 heterocycles. The molecular formula is C14H16F2N6O. The van der Waals surface area contributed by atoms with E-state index in [4.69, 9.17) is 0 Å². The molecule has 2 fully saturated rings. The van der Waals surface area contributed by atoms with Gasteiger partial charge in [-0.25, -0.2) is 9.78 Å². The van der Waals surface area contributed by atoms with Gasteiger partial charge in [-0.3, -0.25) is 9.80 Å². The number of nitrogens with zero attached hydrogens (tertiary/aromatic N) is 5. The number of anilines is 1. The minimum Gasteiger partial charge on any atom is -0.343 e. The number of rotatable bonds is 2. The maximum absolute atomic E-state index is 14.4. The van der Waals surface area contributed by atoms with Crippen molar-refractivity contribution in [2.24, 2.45) is 0 Å². The summed E-state index contributed by atoms with van der Waals surface area (Å²) in [7, 11) is 0. The van der Waals surface area contributed by atoms with Gasteiger partial charge >= 0.3 is 12.1 Å². The lowest BCUT2D eigenvalue weighted by molar-refractivity contribution is -0.112. The third-order valence-electron chi connectivity index (χ3n) is 4.52. The molecule has 2 aromatic heterocycles. The Bertz CT molecular complexity index is 742. The number of amides is 2. The number of carbonyl (C=O) groups is 1. The van der Waals surface area contributed by atoms with Gasteiger partial charge in [-0.05, 0) is 12.8 Å². The summed E-state index contributed by atoms with van der Waals surface area (Å²) in [5.74, 6) is 0.115. The predicted octanol–water partition coefficient (Wildman–Crippen LogP) is 2.52. The molecule has 0 bridgehead atoms. The maximum Gasteiger partial charge on any atom is 0.347 e. The van der Waals surface area contributed by atoms with Gasteiger partial charge in [0, 0.05) is 12.1 Å². The van der Waals surface area contributed by atoms with Crippen LogP contribution in [0.4, 0.5) is 19.4 Å². The van der Waals surface area contributed by atoms with Crippen molar-refractivity contribution in [2.75, 3.05) is 11.4 Å². The first-order valence-electron chi connectivity index (χ1n) is 7.72. The van der Waals surface area contributed by atoms with Crippen LogP contribution in [0.2, 0.25) is 0 Å². The van der Waals surface area contributed by atoms with Crippen LogP contribution in [0.25, 0.3) is 11.2 Å². The van der Waals surface area contributed by atoms with Crippen molar-refractivity contribution in [1.82, 2.24) is 25.1 Å². The van der Waals surface area contributed by atoms with Gasteiger partial charge in [0.15, 0.2) is 11.5 Å². The maximum atomic E-state index is 14.4. The molecule has 4 rings (SSSR count). The average molecular weight is 322 g/mol. The van der Waals surface area contributed by atoms with Crippen LogP contribution in [0.3, 0.4) is 0 Å². The number of imidazole rings is 1. The molecule has 1 saturated heterocycles. The Morgan fingerprint density at radius 3 is 2.78 bits per heavy atom. The summed E-state index contributed by atoms with van der Waals surface area (Å²) in [6, 6.07) is -2.77. The minimum absolute atomic E-state index is 0.115. The number of urea groups is 1. The molecule has 0 aromatic carbocycles. The van der Waals surface area contributed by atoms with Gasteiger partial charge in [-0.1, -0.05) is 19.3 Å². The van der Waals surface area contributed by atoms with Crippen molar-refractivity contribution in [3.8, 4) is 0 Å². The quantitative estimate of drug-likeness (QED) is 0.862. The monoisotopic (exact) mass is 322 g/mol. The van der Waals surface area contributed by atoms with Crippen LogP contribution < -0.4 is 4.90 Å². The number of halogens is 2. The number of fused-ring (bicyclic) bond motifs is 1. The third kappa shape index (κ3) is 2.30. The molecular weight excluding hydrogens is 306 g/mol. The normalized spacial score (nSPS) is 22.3. The molecule has 2 aliphatic rings. The first-order chi connectivity index (χ1) is 11.1. The number of carbonyl (C=O) groups excluding carboxylic acids is 1. The smallest absolute Gasteiger partial charge is 0.343 e. The van der Waals surface area contributed by atoms with Gasteiger partial charge in [0.1, 0.15) is 6.54 Å². The Balaban J connectivity index is 1.66. The van der Waals surface area contributed by atoms with Gasteiger partial charge in [0.2, 0.25) is 0 Å². The van der Waals surface area contributed by atoms with Gasteiger partial charge in [0.05, 0.1) is 11.8 Å². The third-order valence-corrected chi connectivity index (χ3v) is 4.52. The zero-order valence-electron chi connectivity index (χ0n) is 12.4. The fraction of sp³-hybridized carbons (Fsp3) is 0.571. The molecule has 0 atom stereocenters. The second-order valence-corrected chi connectivity index (χ2v) is 6.04. The van der Waals surface area contributed by atoms with Crippen molar-refractivity contribution < 1.29 is 13.6 Å². The molecule has 7 nitrogen and oxygen atoms in total. The van der Waals surface area contributed by atoms with Crippen molar-refractivity contribution in [3.63, 3.8) is 0 Å². The summed E-state index contributed by atoms with van der Waals surface area (Å²) in [6.07, 6.45) is 5.49. The van der Waals surface area contributed by atoms with Crippen LogP contribution in [0.15, 0.2) is 12.4 Å². The molecule has 9 heteroatoms. The first-order valence-corrected chi connectivity index (χ1v) is 7.72. The van der Waals surface area contributed by atoms with E-state index in [0.29, 0.717) is 24.0 Å². The zero-order valence-corrected chi connectivity index (χ0v) is 12.4. The number of hydrogen-bond donors (Lipinski definition) is 1. The Labute approximate surface area is 130 Å². The molecule has 1 aliphatic carbocycles. The van der Waals surface area contributed by atoms with Crippen LogP contribution in [-0.2, 0) is 0 Å². The number of alkyl halides is 2. The van der Waals surface area contributed by atoms with Crippen molar-refractivity contribution in [2.45, 2.75) is 44.2 Å². The predicted molar refractivity (Wildman–Crippen MR) is 78.1 cm³/mol. The average Bonchev–Trinajstić information content (AvgIpc) is 3.09.